The third-order valence-electron chi connectivity index (χ3n) is 5.38. The molecule has 3 aromatic rings. The van der Waals surface area contributed by atoms with Gasteiger partial charge in [-0.15, -0.1) is 0 Å². The lowest BCUT2D eigenvalue weighted by Gasteiger charge is -2.24. The van der Waals surface area contributed by atoms with E-state index >= 15 is 0 Å². The summed E-state index contributed by atoms with van der Waals surface area (Å²) in [6.45, 7) is 0.917. The third-order valence-corrected chi connectivity index (χ3v) is 6.76. The van der Waals surface area contributed by atoms with Crippen LogP contribution >= 0.6 is 0 Å². The van der Waals surface area contributed by atoms with E-state index in [0.29, 0.717) is 22.7 Å². The van der Waals surface area contributed by atoms with Crippen molar-refractivity contribution in [1.82, 2.24) is 4.57 Å². The molecule has 0 unspecified atom stereocenters. The summed E-state index contributed by atoms with van der Waals surface area (Å²) < 4.78 is 53.0. The fourth-order valence-corrected chi connectivity index (χ4v) is 5.18. The average molecular weight is 466 g/mol. The van der Waals surface area contributed by atoms with Crippen LogP contribution in [0.1, 0.15) is 18.4 Å². The number of carbonyl (C=O) groups is 1. The van der Waals surface area contributed by atoms with Crippen molar-refractivity contribution in [2.75, 3.05) is 16.8 Å². The second-order valence-corrected chi connectivity index (χ2v) is 9.43. The molecule has 1 fully saturated rings. The highest BCUT2D eigenvalue weighted by atomic mass is 32.2. The molecular formula is C23H26F3N3O2S. The Hall–Kier alpha value is -2.81. The number of rotatable bonds is 4. The molecule has 0 radical (unpaired) electrons. The van der Waals surface area contributed by atoms with Crippen LogP contribution in [0, 0.1) is 6.92 Å². The van der Waals surface area contributed by atoms with Crippen molar-refractivity contribution in [3.63, 3.8) is 0 Å². The third kappa shape index (κ3) is 5.91. The zero-order valence-corrected chi connectivity index (χ0v) is 18.5. The van der Waals surface area contributed by atoms with E-state index in [1.807, 2.05) is 43.3 Å². The van der Waals surface area contributed by atoms with E-state index in [4.69, 9.17) is 4.79 Å². The Morgan fingerprint density at radius 1 is 1.16 bits per heavy atom. The number of primary amides is 1. The van der Waals surface area contributed by atoms with Crippen LogP contribution in [0.25, 0.3) is 22.2 Å². The van der Waals surface area contributed by atoms with Gasteiger partial charge in [0, 0.05) is 45.1 Å². The zero-order valence-electron chi connectivity index (χ0n) is 17.7. The summed E-state index contributed by atoms with van der Waals surface area (Å²) in [5.74, 6) is 1.33. The van der Waals surface area contributed by atoms with Gasteiger partial charge in [0.1, 0.15) is 6.54 Å². The number of anilines is 1. The van der Waals surface area contributed by atoms with E-state index in [-0.39, 0.29) is 12.5 Å². The summed E-state index contributed by atoms with van der Waals surface area (Å²) in [6.07, 6.45) is -2.46. The standard InChI is InChI=1S/C22H23F3N2OS.CH3NO/c1-15-5-7-16(8-6-15)21-13-18-19(26-17-9-11-29(28)12-10-17)3-2-4-20(18)27(21)14-22(23,24)25;2-1-3/h2-8,13,17,26H,9-12,14H2,1H3;1H,(H2,2,3). The molecule has 1 aliphatic heterocycles. The van der Waals surface area contributed by atoms with Crippen LogP contribution in [0.4, 0.5) is 18.9 Å². The lowest BCUT2D eigenvalue weighted by atomic mass is 10.1. The van der Waals surface area contributed by atoms with E-state index in [9.17, 15) is 17.4 Å². The molecule has 1 amide bonds. The minimum atomic E-state index is -4.32. The van der Waals surface area contributed by atoms with Gasteiger partial charge in [0.25, 0.3) is 0 Å². The van der Waals surface area contributed by atoms with Crippen molar-refractivity contribution in [3.05, 3.63) is 54.1 Å². The molecule has 1 aromatic heterocycles. The fraction of sp³-hybridized carbons (Fsp3) is 0.348. The monoisotopic (exact) mass is 465 g/mol. The molecule has 0 saturated carbocycles. The maximum Gasteiger partial charge on any atom is 0.406 e. The highest BCUT2D eigenvalue weighted by Crippen LogP contribution is 2.35. The number of hydrogen-bond acceptors (Lipinski definition) is 3. The number of alkyl halides is 3. The number of hydrogen-bond donors (Lipinski definition) is 2. The first-order valence-electron chi connectivity index (χ1n) is 10.2. The second kappa shape index (κ2) is 10.2. The maximum atomic E-state index is 13.4. The first kappa shape index (κ1) is 23.8. The SMILES string of the molecule is Cc1ccc(-c2cc3c(NC4CCS(=O)CC4)cccc3n2CC(F)(F)F)cc1.NC=O. The van der Waals surface area contributed by atoms with Gasteiger partial charge in [-0.3, -0.25) is 9.00 Å². The summed E-state index contributed by atoms with van der Waals surface area (Å²) in [6, 6.07) is 15.0. The minimum Gasteiger partial charge on any atom is -0.382 e. The number of nitrogens with zero attached hydrogens (tertiary/aromatic N) is 1. The summed E-state index contributed by atoms with van der Waals surface area (Å²) >= 11 is 0. The van der Waals surface area contributed by atoms with Crippen LogP contribution < -0.4 is 11.1 Å². The van der Waals surface area contributed by atoms with Crippen molar-refractivity contribution < 1.29 is 22.2 Å². The first-order valence-corrected chi connectivity index (χ1v) is 11.7. The Kier molecular flexibility index (Phi) is 7.60. The normalized spacial score (nSPS) is 18.6. The molecular weight excluding hydrogens is 439 g/mol. The number of fused-ring (bicyclic) bond motifs is 1. The lowest BCUT2D eigenvalue weighted by molar-refractivity contribution is -0.139. The lowest BCUT2D eigenvalue weighted by Crippen LogP contribution is -2.29. The Bertz CT molecular complexity index is 1080. The molecule has 4 rings (SSSR count). The van der Waals surface area contributed by atoms with Gasteiger partial charge < -0.3 is 15.6 Å². The molecule has 1 saturated heterocycles. The van der Waals surface area contributed by atoms with Crippen molar-refractivity contribution >= 4 is 33.8 Å². The molecule has 5 nitrogen and oxygen atoms in total. The highest BCUT2D eigenvalue weighted by molar-refractivity contribution is 7.85. The second-order valence-electron chi connectivity index (χ2n) is 7.74. The molecule has 1 aliphatic rings. The predicted molar refractivity (Wildman–Crippen MR) is 123 cm³/mol. The number of aromatic nitrogens is 1. The topological polar surface area (TPSA) is 77.1 Å². The summed E-state index contributed by atoms with van der Waals surface area (Å²) in [5.41, 5.74) is 7.92. The Balaban J connectivity index is 0.000000913. The molecule has 0 bridgehead atoms. The highest BCUT2D eigenvalue weighted by Gasteiger charge is 2.30. The van der Waals surface area contributed by atoms with Crippen molar-refractivity contribution in [3.8, 4) is 11.3 Å². The van der Waals surface area contributed by atoms with Gasteiger partial charge in [0.15, 0.2) is 0 Å². The Labute approximate surface area is 187 Å². The van der Waals surface area contributed by atoms with Crippen LogP contribution in [-0.2, 0) is 22.1 Å². The number of amides is 1. The summed E-state index contributed by atoms with van der Waals surface area (Å²) in [5, 5.41) is 4.26. The maximum absolute atomic E-state index is 13.4. The minimum absolute atomic E-state index is 0.187. The van der Waals surface area contributed by atoms with Gasteiger partial charge >= 0.3 is 6.18 Å². The quantitative estimate of drug-likeness (QED) is 0.553. The fourth-order valence-electron chi connectivity index (χ4n) is 3.88. The molecule has 9 heteroatoms. The van der Waals surface area contributed by atoms with E-state index in [1.165, 1.54) is 4.57 Å². The number of benzene rings is 2. The number of nitrogens with one attached hydrogen (secondary N) is 1. The number of carbonyl (C=O) groups excluding carboxylic acids is 1. The van der Waals surface area contributed by atoms with E-state index in [0.717, 1.165) is 35.0 Å². The van der Waals surface area contributed by atoms with Gasteiger partial charge in [-0.05, 0) is 43.5 Å². The molecule has 0 aliphatic carbocycles. The predicted octanol–water partition coefficient (Wildman–Crippen LogP) is 4.60. The largest absolute Gasteiger partial charge is 0.406 e. The van der Waals surface area contributed by atoms with Crippen molar-refractivity contribution in [2.45, 2.75) is 38.5 Å². The summed E-state index contributed by atoms with van der Waals surface area (Å²) in [4.78, 5) is 8.58. The smallest absolute Gasteiger partial charge is 0.382 e. The van der Waals surface area contributed by atoms with E-state index in [1.54, 1.807) is 12.1 Å². The first-order chi connectivity index (χ1) is 15.2. The zero-order chi connectivity index (χ0) is 23.3. The molecule has 2 aromatic carbocycles. The van der Waals surface area contributed by atoms with Gasteiger partial charge in [0.2, 0.25) is 6.41 Å². The Morgan fingerprint density at radius 3 is 2.38 bits per heavy atom. The van der Waals surface area contributed by atoms with Crippen LogP contribution in [0.5, 0.6) is 0 Å². The van der Waals surface area contributed by atoms with Crippen LogP contribution in [-0.4, -0.2) is 38.9 Å². The van der Waals surface area contributed by atoms with Crippen LogP contribution in [0.2, 0.25) is 0 Å². The number of aryl methyl sites for hydroxylation is 1. The molecule has 3 N–H and O–H groups in total. The number of halogens is 3. The van der Waals surface area contributed by atoms with Gasteiger partial charge in [-0.2, -0.15) is 13.2 Å². The number of nitrogens with two attached hydrogens (primary N) is 1. The van der Waals surface area contributed by atoms with Gasteiger partial charge in [-0.25, -0.2) is 0 Å². The van der Waals surface area contributed by atoms with Crippen molar-refractivity contribution in [2.24, 2.45) is 5.73 Å². The van der Waals surface area contributed by atoms with Crippen LogP contribution in [0.3, 0.4) is 0 Å². The van der Waals surface area contributed by atoms with E-state index in [2.05, 4.69) is 11.1 Å². The molecule has 2 heterocycles. The summed E-state index contributed by atoms with van der Waals surface area (Å²) in [7, 11) is -0.753. The molecule has 0 atom stereocenters. The van der Waals surface area contributed by atoms with Crippen LogP contribution in [0.15, 0.2) is 48.5 Å². The van der Waals surface area contributed by atoms with E-state index < -0.39 is 23.5 Å². The van der Waals surface area contributed by atoms with Crippen molar-refractivity contribution in [1.29, 1.82) is 0 Å². The molecule has 172 valence electrons. The van der Waals surface area contributed by atoms with Gasteiger partial charge in [-0.1, -0.05) is 35.9 Å². The van der Waals surface area contributed by atoms with Gasteiger partial charge in [0.05, 0.1) is 5.52 Å². The Morgan fingerprint density at radius 2 is 1.78 bits per heavy atom. The molecule has 0 spiro atoms. The molecule has 32 heavy (non-hydrogen) atoms. The average Bonchev–Trinajstić information content (AvgIpc) is 3.09.